The highest BCUT2D eigenvalue weighted by Gasteiger charge is 2.35. The van der Waals surface area contributed by atoms with Crippen LogP contribution in [0.15, 0.2) is 18.3 Å². The molecular formula is C17H27N3O. The highest BCUT2D eigenvalue weighted by atomic mass is 16.5. The number of fused-ring (bicyclic) bond motifs is 1. The lowest BCUT2D eigenvalue weighted by Gasteiger charge is -2.38. The lowest BCUT2D eigenvalue weighted by atomic mass is 9.92. The molecule has 21 heavy (non-hydrogen) atoms. The fourth-order valence-corrected chi connectivity index (χ4v) is 3.84. The van der Waals surface area contributed by atoms with E-state index < -0.39 is 0 Å². The number of rotatable bonds is 6. The van der Waals surface area contributed by atoms with E-state index in [4.69, 9.17) is 9.72 Å². The molecule has 3 rings (SSSR count). The second kappa shape index (κ2) is 7.23. The van der Waals surface area contributed by atoms with Crippen LogP contribution in [0.5, 0.6) is 0 Å². The fourth-order valence-electron chi connectivity index (χ4n) is 3.84. The maximum atomic E-state index is 5.03. The summed E-state index contributed by atoms with van der Waals surface area (Å²) in [6.45, 7) is 3.68. The monoisotopic (exact) mass is 289 g/mol. The number of hydrogen-bond donors (Lipinski definition) is 1. The van der Waals surface area contributed by atoms with E-state index in [0.29, 0.717) is 0 Å². The third-order valence-electron chi connectivity index (χ3n) is 4.91. The minimum Gasteiger partial charge on any atom is -0.383 e. The van der Waals surface area contributed by atoms with Crippen molar-refractivity contribution < 1.29 is 4.74 Å². The standard InChI is InChI=1S/C17H27N3O/c1-21-11-9-18-12-14-7-8-17(19-13-14)20-10-3-5-15-4-2-6-16(15)20/h7-8,13,15-16,18H,2-6,9-12H2,1H3. The second-order valence-corrected chi connectivity index (χ2v) is 6.29. The number of nitrogens with one attached hydrogen (secondary N) is 1. The molecule has 1 N–H and O–H groups in total. The summed E-state index contributed by atoms with van der Waals surface area (Å²) >= 11 is 0. The van der Waals surface area contributed by atoms with Gasteiger partial charge in [-0.3, -0.25) is 0 Å². The van der Waals surface area contributed by atoms with Crippen molar-refractivity contribution in [1.29, 1.82) is 0 Å². The van der Waals surface area contributed by atoms with Gasteiger partial charge in [-0.25, -0.2) is 4.98 Å². The summed E-state index contributed by atoms with van der Waals surface area (Å²) in [5.41, 5.74) is 1.25. The van der Waals surface area contributed by atoms with Gasteiger partial charge < -0.3 is 15.0 Å². The van der Waals surface area contributed by atoms with Gasteiger partial charge in [-0.15, -0.1) is 0 Å². The van der Waals surface area contributed by atoms with Crippen molar-refractivity contribution in [2.45, 2.75) is 44.7 Å². The quantitative estimate of drug-likeness (QED) is 0.817. The maximum absolute atomic E-state index is 5.03. The van der Waals surface area contributed by atoms with Crippen LogP contribution in [0.3, 0.4) is 0 Å². The van der Waals surface area contributed by atoms with Gasteiger partial charge in [-0.2, -0.15) is 0 Å². The zero-order valence-corrected chi connectivity index (χ0v) is 13.1. The molecule has 2 unspecified atom stereocenters. The number of anilines is 1. The number of nitrogens with zero attached hydrogens (tertiary/aromatic N) is 2. The van der Waals surface area contributed by atoms with Crippen molar-refractivity contribution in [3.63, 3.8) is 0 Å². The van der Waals surface area contributed by atoms with Gasteiger partial charge in [0.2, 0.25) is 0 Å². The molecule has 0 bridgehead atoms. The van der Waals surface area contributed by atoms with Crippen LogP contribution in [-0.4, -0.2) is 37.8 Å². The summed E-state index contributed by atoms with van der Waals surface area (Å²) in [6.07, 6.45) is 8.93. The molecular weight excluding hydrogens is 262 g/mol. The SMILES string of the molecule is COCCNCc1ccc(N2CCCC3CCCC32)nc1. The van der Waals surface area contributed by atoms with Gasteiger partial charge in [0, 0.05) is 39.0 Å². The zero-order chi connectivity index (χ0) is 14.5. The molecule has 1 saturated heterocycles. The summed E-state index contributed by atoms with van der Waals surface area (Å²) < 4.78 is 5.03. The first-order valence-corrected chi connectivity index (χ1v) is 8.29. The minimum absolute atomic E-state index is 0.747. The minimum atomic E-state index is 0.747. The highest BCUT2D eigenvalue weighted by Crippen LogP contribution is 2.38. The molecule has 2 fully saturated rings. The number of methoxy groups -OCH3 is 1. The summed E-state index contributed by atoms with van der Waals surface area (Å²) in [4.78, 5) is 7.28. The molecule has 0 radical (unpaired) electrons. The smallest absolute Gasteiger partial charge is 0.128 e. The van der Waals surface area contributed by atoms with E-state index in [1.165, 1.54) is 50.0 Å². The van der Waals surface area contributed by atoms with Crippen LogP contribution in [0.25, 0.3) is 0 Å². The van der Waals surface area contributed by atoms with Crippen molar-refractivity contribution >= 4 is 5.82 Å². The Labute approximate surface area is 127 Å². The Kier molecular flexibility index (Phi) is 5.09. The topological polar surface area (TPSA) is 37.4 Å². The Balaban J connectivity index is 1.58. The molecule has 0 spiro atoms. The van der Waals surface area contributed by atoms with Gasteiger partial charge in [0.15, 0.2) is 0 Å². The van der Waals surface area contributed by atoms with Gasteiger partial charge in [-0.1, -0.05) is 12.5 Å². The molecule has 2 heterocycles. The first kappa shape index (κ1) is 14.8. The van der Waals surface area contributed by atoms with Gasteiger partial charge in [-0.05, 0) is 43.2 Å². The first-order chi connectivity index (χ1) is 10.4. The summed E-state index contributed by atoms with van der Waals surface area (Å²) in [5, 5.41) is 3.36. The Morgan fingerprint density at radius 1 is 1.29 bits per heavy atom. The lowest BCUT2D eigenvalue weighted by molar-refractivity contribution is 0.199. The van der Waals surface area contributed by atoms with Crippen molar-refractivity contribution in [3.8, 4) is 0 Å². The Morgan fingerprint density at radius 3 is 3.00 bits per heavy atom. The van der Waals surface area contributed by atoms with Gasteiger partial charge >= 0.3 is 0 Å². The van der Waals surface area contributed by atoms with Crippen molar-refractivity contribution in [2.24, 2.45) is 5.92 Å². The number of piperidine rings is 1. The van der Waals surface area contributed by atoms with Crippen LogP contribution < -0.4 is 10.2 Å². The molecule has 1 aromatic heterocycles. The molecule has 1 aliphatic heterocycles. The van der Waals surface area contributed by atoms with E-state index >= 15 is 0 Å². The van der Waals surface area contributed by atoms with E-state index in [0.717, 1.165) is 31.7 Å². The van der Waals surface area contributed by atoms with E-state index in [9.17, 15) is 0 Å². The molecule has 1 aromatic rings. The average Bonchev–Trinajstić information content (AvgIpc) is 3.01. The maximum Gasteiger partial charge on any atom is 0.128 e. The molecule has 4 heteroatoms. The van der Waals surface area contributed by atoms with E-state index in [1.54, 1.807) is 7.11 Å². The third-order valence-corrected chi connectivity index (χ3v) is 4.91. The van der Waals surface area contributed by atoms with Crippen LogP contribution in [-0.2, 0) is 11.3 Å². The molecule has 0 amide bonds. The van der Waals surface area contributed by atoms with Crippen LogP contribution in [0.4, 0.5) is 5.82 Å². The number of hydrogen-bond acceptors (Lipinski definition) is 4. The van der Waals surface area contributed by atoms with E-state index in [-0.39, 0.29) is 0 Å². The second-order valence-electron chi connectivity index (χ2n) is 6.29. The predicted molar refractivity (Wildman–Crippen MR) is 85.5 cm³/mol. The Morgan fingerprint density at radius 2 is 2.19 bits per heavy atom. The van der Waals surface area contributed by atoms with Gasteiger partial charge in [0.05, 0.1) is 6.61 Å². The van der Waals surface area contributed by atoms with Crippen LogP contribution in [0.2, 0.25) is 0 Å². The highest BCUT2D eigenvalue weighted by molar-refractivity contribution is 5.42. The summed E-state index contributed by atoms with van der Waals surface area (Å²) in [6, 6.07) is 5.16. The molecule has 4 nitrogen and oxygen atoms in total. The first-order valence-electron chi connectivity index (χ1n) is 8.29. The van der Waals surface area contributed by atoms with Crippen LogP contribution in [0, 0.1) is 5.92 Å². The molecule has 2 atom stereocenters. The van der Waals surface area contributed by atoms with Crippen molar-refractivity contribution in [1.82, 2.24) is 10.3 Å². The van der Waals surface area contributed by atoms with E-state index in [2.05, 4.69) is 22.3 Å². The fraction of sp³-hybridized carbons (Fsp3) is 0.706. The number of ether oxygens (including phenoxy) is 1. The molecule has 1 aliphatic carbocycles. The third kappa shape index (κ3) is 3.55. The Hall–Kier alpha value is -1.13. The summed E-state index contributed by atoms with van der Waals surface area (Å²) in [7, 11) is 1.73. The Bertz CT molecular complexity index is 434. The summed E-state index contributed by atoms with van der Waals surface area (Å²) in [5.74, 6) is 2.09. The molecule has 1 saturated carbocycles. The average molecular weight is 289 g/mol. The zero-order valence-electron chi connectivity index (χ0n) is 13.1. The van der Waals surface area contributed by atoms with Crippen molar-refractivity contribution in [3.05, 3.63) is 23.9 Å². The number of pyridine rings is 1. The van der Waals surface area contributed by atoms with Gasteiger partial charge in [0.25, 0.3) is 0 Å². The normalized spacial score (nSPS) is 25.1. The van der Waals surface area contributed by atoms with E-state index in [1.807, 2.05) is 6.20 Å². The predicted octanol–water partition coefficient (Wildman–Crippen LogP) is 2.59. The van der Waals surface area contributed by atoms with Crippen LogP contribution >= 0.6 is 0 Å². The largest absolute Gasteiger partial charge is 0.383 e. The molecule has 0 aromatic carbocycles. The lowest BCUT2D eigenvalue weighted by Crippen LogP contribution is -2.43. The molecule has 116 valence electrons. The number of aromatic nitrogens is 1. The van der Waals surface area contributed by atoms with Gasteiger partial charge in [0.1, 0.15) is 5.82 Å². The molecule has 2 aliphatic rings. The van der Waals surface area contributed by atoms with Crippen LogP contribution in [0.1, 0.15) is 37.7 Å². The van der Waals surface area contributed by atoms with Crippen molar-refractivity contribution in [2.75, 3.05) is 31.7 Å².